The Balaban J connectivity index is 2.61. The van der Waals surface area contributed by atoms with Crippen molar-refractivity contribution in [1.82, 2.24) is 0 Å². The molecule has 104 valence electrons. The fraction of sp³-hybridized carbons (Fsp3) is 0.438. The second-order valence-electron chi connectivity index (χ2n) is 5.61. The number of aliphatic hydroxyl groups is 1. The van der Waals surface area contributed by atoms with E-state index in [2.05, 4.69) is 0 Å². The van der Waals surface area contributed by atoms with Crippen LogP contribution in [0.1, 0.15) is 39.7 Å². The van der Waals surface area contributed by atoms with Crippen LogP contribution in [0.15, 0.2) is 35.9 Å². The first kappa shape index (κ1) is 15.4. The molecule has 1 N–H and O–H groups in total. The summed E-state index contributed by atoms with van der Waals surface area (Å²) in [4.78, 5) is 11.6. The lowest BCUT2D eigenvalue weighted by Crippen LogP contribution is -2.26. The fourth-order valence-electron chi connectivity index (χ4n) is 1.61. The molecular weight excluding hydrogens is 240 g/mol. The first-order valence-electron chi connectivity index (χ1n) is 6.41. The first-order chi connectivity index (χ1) is 8.78. The SMILES string of the molecule is C/C(=C\c1ccccc1)[C@H](O)CC(=O)OC(C)(C)C. The standard InChI is InChI=1S/C16H22O3/c1-12(10-13-8-6-5-7-9-13)14(17)11-15(18)19-16(2,3)4/h5-10,14,17H,11H2,1-4H3/b12-10+/t14-/m1/s1. The van der Waals surface area contributed by atoms with Gasteiger partial charge >= 0.3 is 5.97 Å². The van der Waals surface area contributed by atoms with Crippen LogP contribution in [0.2, 0.25) is 0 Å². The summed E-state index contributed by atoms with van der Waals surface area (Å²) in [6.45, 7) is 7.24. The fourth-order valence-corrected chi connectivity index (χ4v) is 1.61. The zero-order valence-corrected chi connectivity index (χ0v) is 12.0. The molecule has 0 aliphatic heterocycles. The van der Waals surface area contributed by atoms with Gasteiger partial charge in [0.05, 0.1) is 12.5 Å². The Bertz CT molecular complexity index is 441. The maximum absolute atomic E-state index is 11.6. The van der Waals surface area contributed by atoms with Crippen molar-refractivity contribution in [1.29, 1.82) is 0 Å². The second kappa shape index (κ2) is 6.53. The molecule has 0 heterocycles. The summed E-state index contributed by atoms with van der Waals surface area (Å²) in [5, 5.41) is 9.98. The summed E-state index contributed by atoms with van der Waals surface area (Å²) in [6, 6.07) is 9.69. The van der Waals surface area contributed by atoms with Crippen LogP contribution in [0.5, 0.6) is 0 Å². The Kier molecular flexibility index (Phi) is 5.31. The van der Waals surface area contributed by atoms with Crippen molar-refractivity contribution in [3.8, 4) is 0 Å². The van der Waals surface area contributed by atoms with Crippen molar-refractivity contribution in [2.24, 2.45) is 0 Å². The Morgan fingerprint density at radius 1 is 1.32 bits per heavy atom. The zero-order valence-electron chi connectivity index (χ0n) is 12.0. The van der Waals surface area contributed by atoms with Gasteiger partial charge in [-0.3, -0.25) is 4.79 Å². The number of hydrogen-bond acceptors (Lipinski definition) is 3. The molecule has 0 aromatic heterocycles. The van der Waals surface area contributed by atoms with Crippen LogP contribution < -0.4 is 0 Å². The second-order valence-corrected chi connectivity index (χ2v) is 5.61. The highest BCUT2D eigenvalue weighted by Gasteiger charge is 2.19. The third kappa shape index (κ3) is 6.20. The number of esters is 1. The van der Waals surface area contributed by atoms with Gasteiger partial charge in [-0.2, -0.15) is 0 Å². The highest BCUT2D eigenvalue weighted by Crippen LogP contribution is 2.15. The minimum absolute atomic E-state index is 0.0214. The quantitative estimate of drug-likeness (QED) is 0.848. The minimum Gasteiger partial charge on any atom is -0.460 e. The summed E-state index contributed by atoms with van der Waals surface area (Å²) in [7, 11) is 0. The van der Waals surface area contributed by atoms with Crippen molar-refractivity contribution in [2.75, 3.05) is 0 Å². The molecule has 0 saturated heterocycles. The molecule has 3 heteroatoms. The molecule has 19 heavy (non-hydrogen) atoms. The van der Waals surface area contributed by atoms with Crippen molar-refractivity contribution < 1.29 is 14.6 Å². The van der Waals surface area contributed by atoms with E-state index >= 15 is 0 Å². The summed E-state index contributed by atoms with van der Waals surface area (Å²) in [5.74, 6) is -0.388. The van der Waals surface area contributed by atoms with Crippen molar-refractivity contribution in [3.63, 3.8) is 0 Å². The van der Waals surface area contributed by atoms with E-state index in [1.807, 2.05) is 64.1 Å². The lowest BCUT2D eigenvalue weighted by Gasteiger charge is -2.20. The van der Waals surface area contributed by atoms with E-state index in [9.17, 15) is 9.90 Å². The number of aliphatic hydroxyl groups excluding tert-OH is 1. The molecule has 3 nitrogen and oxygen atoms in total. The maximum Gasteiger partial charge on any atom is 0.309 e. The van der Waals surface area contributed by atoms with Gasteiger partial charge in [0.2, 0.25) is 0 Å². The average Bonchev–Trinajstić information content (AvgIpc) is 2.27. The molecule has 0 amide bonds. The molecule has 1 atom stereocenters. The van der Waals surface area contributed by atoms with Gasteiger partial charge in [-0.1, -0.05) is 36.4 Å². The summed E-state index contributed by atoms with van der Waals surface area (Å²) in [6.07, 6.45) is 1.04. The van der Waals surface area contributed by atoms with Crippen molar-refractivity contribution in [3.05, 3.63) is 41.5 Å². The topological polar surface area (TPSA) is 46.5 Å². The van der Waals surface area contributed by atoms with Gasteiger partial charge in [0.15, 0.2) is 0 Å². The third-order valence-electron chi connectivity index (χ3n) is 2.50. The number of carbonyl (C=O) groups is 1. The average molecular weight is 262 g/mol. The van der Waals surface area contributed by atoms with E-state index in [1.165, 1.54) is 0 Å². The van der Waals surface area contributed by atoms with Crippen LogP contribution in [0, 0.1) is 0 Å². The summed E-state index contributed by atoms with van der Waals surface area (Å²) >= 11 is 0. The molecule has 0 bridgehead atoms. The van der Waals surface area contributed by atoms with E-state index < -0.39 is 11.7 Å². The number of rotatable bonds is 4. The third-order valence-corrected chi connectivity index (χ3v) is 2.50. The van der Waals surface area contributed by atoms with Crippen LogP contribution >= 0.6 is 0 Å². The van der Waals surface area contributed by atoms with E-state index in [0.29, 0.717) is 0 Å². The number of benzene rings is 1. The molecular formula is C16H22O3. The Labute approximate surface area is 114 Å². The monoisotopic (exact) mass is 262 g/mol. The zero-order chi connectivity index (χ0) is 14.5. The van der Waals surface area contributed by atoms with Crippen LogP contribution in [-0.2, 0) is 9.53 Å². The Morgan fingerprint density at radius 3 is 2.42 bits per heavy atom. The summed E-state index contributed by atoms with van der Waals surface area (Å²) in [5.41, 5.74) is 1.23. The Morgan fingerprint density at radius 2 is 1.89 bits per heavy atom. The van der Waals surface area contributed by atoms with E-state index in [0.717, 1.165) is 11.1 Å². The van der Waals surface area contributed by atoms with Gasteiger partial charge in [-0.15, -0.1) is 0 Å². The molecule has 0 saturated carbocycles. The molecule has 0 unspecified atom stereocenters. The van der Waals surface area contributed by atoms with Crippen LogP contribution in [0.3, 0.4) is 0 Å². The molecule has 0 radical (unpaired) electrons. The van der Waals surface area contributed by atoms with Crippen molar-refractivity contribution in [2.45, 2.75) is 45.8 Å². The summed E-state index contributed by atoms with van der Waals surface area (Å²) < 4.78 is 5.18. The van der Waals surface area contributed by atoms with Gasteiger partial charge < -0.3 is 9.84 Å². The number of hydrogen-bond donors (Lipinski definition) is 1. The molecule has 1 aromatic rings. The van der Waals surface area contributed by atoms with E-state index in [1.54, 1.807) is 0 Å². The Hall–Kier alpha value is -1.61. The van der Waals surface area contributed by atoms with Crippen molar-refractivity contribution >= 4 is 12.0 Å². The van der Waals surface area contributed by atoms with Gasteiger partial charge in [0.1, 0.15) is 5.60 Å². The number of carbonyl (C=O) groups excluding carboxylic acids is 1. The molecule has 1 aromatic carbocycles. The molecule has 1 rings (SSSR count). The first-order valence-corrected chi connectivity index (χ1v) is 6.41. The van der Waals surface area contributed by atoms with Gasteiger partial charge in [-0.25, -0.2) is 0 Å². The molecule has 0 aliphatic carbocycles. The highest BCUT2D eigenvalue weighted by molar-refractivity contribution is 5.71. The van der Waals surface area contributed by atoms with E-state index in [-0.39, 0.29) is 12.4 Å². The predicted molar refractivity (Wildman–Crippen MR) is 76.6 cm³/mol. The largest absolute Gasteiger partial charge is 0.460 e. The van der Waals surface area contributed by atoms with Crippen LogP contribution in [0.25, 0.3) is 6.08 Å². The molecule has 0 aliphatic rings. The molecule has 0 fully saturated rings. The van der Waals surface area contributed by atoms with Gasteiger partial charge in [0.25, 0.3) is 0 Å². The lowest BCUT2D eigenvalue weighted by molar-refractivity contribution is -0.156. The van der Waals surface area contributed by atoms with E-state index in [4.69, 9.17) is 4.74 Å². The number of ether oxygens (including phenoxy) is 1. The van der Waals surface area contributed by atoms with Gasteiger partial charge in [-0.05, 0) is 38.8 Å². The van der Waals surface area contributed by atoms with Crippen LogP contribution in [-0.4, -0.2) is 22.8 Å². The molecule has 0 spiro atoms. The normalized spacial score (nSPS) is 14.1. The predicted octanol–water partition coefficient (Wildman–Crippen LogP) is 3.18. The smallest absolute Gasteiger partial charge is 0.309 e. The maximum atomic E-state index is 11.6. The lowest BCUT2D eigenvalue weighted by atomic mass is 10.0. The van der Waals surface area contributed by atoms with Crippen LogP contribution in [0.4, 0.5) is 0 Å². The van der Waals surface area contributed by atoms with Gasteiger partial charge in [0, 0.05) is 0 Å². The highest BCUT2D eigenvalue weighted by atomic mass is 16.6. The minimum atomic E-state index is -0.810.